The zero-order chi connectivity index (χ0) is 24.8. The van der Waals surface area contributed by atoms with Crippen LogP contribution in [0.3, 0.4) is 0 Å². The largest absolute Gasteiger partial charge is 0.481 e. The summed E-state index contributed by atoms with van der Waals surface area (Å²) < 4.78 is 0. The van der Waals surface area contributed by atoms with Gasteiger partial charge in [-0.3, -0.25) is 19.2 Å². The van der Waals surface area contributed by atoms with E-state index in [4.69, 9.17) is 16.6 Å². The van der Waals surface area contributed by atoms with E-state index in [0.29, 0.717) is 19.4 Å². The number of hydrogen-bond acceptors (Lipinski definition) is 8. The minimum atomic E-state index is -1.43. The fraction of sp³-hybridized carbons (Fsp3) is 0.737. The number of carbonyl (C=O) groups is 5. The molecule has 32 heavy (non-hydrogen) atoms. The average Bonchev–Trinajstić information content (AvgIpc) is 2.72. The van der Waals surface area contributed by atoms with E-state index >= 15 is 0 Å². The number of nitrogens with two attached hydrogens (primary N) is 2. The van der Waals surface area contributed by atoms with Crippen LogP contribution >= 0.6 is 12.6 Å². The number of amides is 3. The Hall–Kier alpha value is -2.38. The Morgan fingerprint density at radius 1 is 0.875 bits per heavy atom. The van der Waals surface area contributed by atoms with E-state index in [-0.39, 0.29) is 24.5 Å². The average molecular weight is 478 g/mol. The SMILES string of the molecule is CC(C)C(NC(=O)C(N)CS)C(=O)NC(CCCCN)C(=O)NC(CCC(=O)O)C(=O)O. The molecule has 3 amide bonds. The third-order valence-corrected chi connectivity index (χ3v) is 5.02. The van der Waals surface area contributed by atoms with Gasteiger partial charge in [0.25, 0.3) is 0 Å². The molecule has 0 rings (SSSR count). The van der Waals surface area contributed by atoms with Crippen molar-refractivity contribution in [1.82, 2.24) is 16.0 Å². The highest BCUT2D eigenvalue weighted by molar-refractivity contribution is 7.80. The van der Waals surface area contributed by atoms with Gasteiger partial charge < -0.3 is 37.6 Å². The van der Waals surface area contributed by atoms with Crippen LogP contribution in [0.15, 0.2) is 0 Å². The summed E-state index contributed by atoms with van der Waals surface area (Å²) in [5.74, 6) is -4.82. The quantitative estimate of drug-likeness (QED) is 0.0950. The molecule has 4 unspecified atom stereocenters. The van der Waals surface area contributed by atoms with Crippen molar-refractivity contribution in [2.75, 3.05) is 12.3 Å². The first-order valence-corrected chi connectivity index (χ1v) is 11.0. The number of carbonyl (C=O) groups excluding carboxylic acids is 3. The molecule has 0 saturated carbocycles. The second-order valence-electron chi connectivity index (χ2n) is 7.70. The van der Waals surface area contributed by atoms with E-state index in [2.05, 4.69) is 28.6 Å². The van der Waals surface area contributed by atoms with Crippen LogP contribution in [0.2, 0.25) is 0 Å². The van der Waals surface area contributed by atoms with Gasteiger partial charge in [0.1, 0.15) is 18.1 Å². The summed E-state index contributed by atoms with van der Waals surface area (Å²) in [4.78, 5) is 59.8. The molecule has 0 heterocycles. The number of unbranched alkanes of at least 4 members (excludes halogenated alkanes) is 1. The van der Waals surface area contributed by atoms with Gasteiger partial charge in [-0.15, -0.1) is 0 Å². The molecule has 0 aromatic carbocycles. The monoisotopic (exact) mass is 477 g/mol. The number of nitrogens with one attached hydrogen (secondary N) is 3. The smallest absolute Gasteiger partial charge is 0.326 e. The maximum absolute atomic E-state index is 12.8. The van der Waals surface area contributed by atoms with Gasteiger partial charge in [-0.2, -0.15) is 12.6 Å². The van der Waals surface area contributed by atoms with E-state index < -0.39 is 60.2 Å². The summed E-state index contributed by atoms with van der Waals surface area (Å²) in [5, 5.41) is 25.4. The molecule has 0 aromatic rings. The first kappa shape index (κ1) is 29.6. The lowest BCUT2D eigenvalue weighted by Gasteiger charge is -2.27. The van der Waals surface area contributed by atoms with Crippen molar-refractivity contribution in [2.45, 2.75) is 70.1 Å². The summed E-state index contributed by atoms with van der Waals surface area (Å²) in [6.45, 7) is 3.77. The number of thiol groups is 1. The van der Waals surface area contributed by atoms with Gasteiger partial charge in [-0.05, 0) is 38.1 Å². The Morgan fingerprint density at radius 2 is 1.47 bits per heavy atom. The van der Waals surface area contributed by atoms with Crippen LogP contribution < -0.4 is 27.4 Å². The minimum absolute atomic E-state index is 0.0787. The number of hydrogen-bond donors (Lipinski definition) is 8. The van der Waals surface area contributed by atoms with Crippen molar-refractivity contribution < 1.29 is 34.2 Å². The molecule has 12 nitrogen and oxygen atoms in total. The van der Waals surface area contributed by atoms with Gasteiger partial charge in [-0.25, -0.2) is 4.79 Å². The lowest BCUT2D eigenvalue weighted by molar-refractivity contribution is -0.143. The van der Waals surface area contributed by atoms with E-state index in [1.54, 1.807) is 13.8 Å². The molecule has 0 fully saturated rings. The van der Waals surface area contributed by atoms with Crippen LogP contribution in [-0.4, -0.2) is 76.3 Å². The van der Waals surface area contributed by atoms with Crippen LogP contribution in [0, 0.1) is 5.92 Å². The highest BCUT2D eigenvalue weighted by Crippen LogP contribution is 2.08. The van der Waals surface area contributed by atoms with Crippen molar-refractivity contribution in [1.29, 1.82) is 0 Å². The van der Waals surface area contributed by atoms with Gasteiger partial charge in [0.15, 0.2) is 0 Å². The van der Waals surface area contributed by atoms with Crippen molar-refractivity contribution in [3.05, 3.63) is 0 Å². The van der Waals surface area contributed by atoms with Crippen LogP contribution in [0.25, 0.3) is 0 Å². The molecule has 0 spiro atoms. The van der Waals surface area contributed by atoms with Gasteiger partial charge in [0, 0.05) is 12.2 Å². The number of carboxylic acid groups (broad SMARTS) is 2. The Balaban J connectivity index is 5.41. The normalized spacial score (nSPS) is 14.7. The zero-order valence-corrected chi connectivity index (χ0v) is 19.3. The maximum Gasteiger partial charge on any atom is 0.326 e. The third kappa shape index (κ3) is 11.3. The number of rotatable bonds is 16. The fourth-order valence-electron chi connectivity index (χ4n) is 2.70. The standard InChI is InChI=1S/C19H35N5O7S/c1-10(2)15(24-16(27)11(21)9-32)18(29)22-12(5-3-4-8-20)17(28)23-13(19(30)31)6-7-14(25)26/h10-13,15,32H,3-9,20-21H2,1-2H3,(H,22,29)(H,23,28)(H,24,27)(H,25,26)(H,30,31). The van der Waals surface area contributed by atoms with Crippen LogP contribution in [0.4, 0.5) is 0 Å². The highest BCUT2D eigenvalue weighted by Gasteiger charge is 2.31. The molecule has 0 saturated heterocycles. The molecule has 0 aliphatic heterocycles. The van der Waals surface area contributed by atoms with E-state index in [1.807, 2.05) is 0 Å². The second-order valence-corrected chi connectivity index (χ2v) is 8.06. The lowest BCUT2D eigenvalue weighted by atomic mass is 10.0. The van der Waals surface area contributed by atoms with Crippen molar-refractivity contribution in [3.63, 3.8) is 0 Å². The summed E-state index contributed by atoms with van der Waals surface area (Å²) in [6, 6.07) is -4.43. The fourth-order valence-corrected chi connectivity index (χ4v) is 2.86. The van der Waals surface area contributed by atoms with Gasteiger partial charge >= 0.3 is 11.9 Å². The Kier molecular flexibility index (Phi) is 14.3. The summed E-state index contributed by atoms with van der Waals surface area (Å²) in [6.07, 6.45) is 0.461. The summed E-state index contributed by atoms with van der Waals surface area (Å²) >= 11 is 3.95. The van der Waals surface area contributed by atoms with Gasteiger partial charge in [0.05, 0.1) is 6.04 Å². The number of carboxylic acids is 2. The van der Waals surface area contributed by atoms with Crippen LogP contribution in [0.5, 0.6) is 0 Å². The Labute approximate surface area is 192 Å². The molecule has 4 atom stereocenters. The topological polar surface area (TPSA) is 214 Å². The Bertz CT molecular complexity index is 662. The minimum Gasteiger partial charge on any atom is -0.481 e. The number of aliphatic carboxylic acids is 2. The molecule has 0 aliphatic rings. The van der Waals surface area contributed by atoms with Crippen molar-refractivity contribution >= 4 is 42.3 Å². The van der Waals surface area contributed by atoms with Gasteiger partial charge in [0.2, 0.25) is 17.7 Å². The molecule has 13 heteroatoms. The summed E-state index contributed by atoms with van der Waals surface area (Å²) in [7, 11) is 0. The first-order chi connectivity index (χ1) is 14.9. The van der Waals surface area contributed by atoms with Crippen LogP contribution in [-0.2, 0) is 24.0 Å². The second kappa shape index (κ2) is 15.4. The zero-order valence-electron chi connectivity index (χ0n) is 18.4. The molecular weight excluding hydrogens is 442 g/mol. The molecular formula is C19H35N5O7S. The highest BCUT2D eigenvalue weighted by atomic mass is 32.1. The van der Waals surface area contributed by atoms with E-state index in [1.165, 1.54) is 0 Å². The van der Waals surface area contributed by atoms with Crippen molar-refractivity contribution in [2.24, 2.45) is 17.4 Å². The predicted molar refractivity (Wildman–Crippen MR) is 120 cm³/mol. The van der Waals surface area contributed by atoms with Gasteiger partial charge in [-0.1, -0.05) is 13.8 Å². The van der Waals surface area contributed by atoms with Crippen molar-refractivity contribution in [3.8, 4) is 0 Å². The maximum atomic E-state index is 12.8. The molecule has 0 radical (unpaired) electrons. The first-order valence-electron chi connectivity index (χ1n) is 10.4. The third-order valence-electron chi connectivity index (χ3n) is 4.62. The van der Waals surface area contributed by atoms with E-state index in [0.717, 1.165) is 0 Å². The summed E-state index contributed by atoms with van der Waals surface area (Å²) in [5.41, 5.74) is 11.1. The molecule has 9 N–H and O–H groups in total. The van der Waals surface area contributed by atoms with Crippen LogP contribution in [0.1, 0.15) is 46.0 Å². The molecule has 0 aromatic heterocycles. The molecule has 184 valence electrons. The lowest BCUT2D eigenvalue weighted by Crippen LogP contribution is -2.58. The Morgan fingerprint density at radius 3 is 1.94 bits per heavy atom. The molecule has 0 aliphatic carbocycles. The predicted octanol–water partition coefficient (Wildman–Crippen LogP) is -1.57. The molecule has 0 bridgehead atoms. The van der Waals surface area contributed by atoms with E-state index in [9.17, 15) is 29.1 Å².